The van der Waals surface area contributed by atoms with Crippen LogP contribution in [0.1, 0.15) is 32.4 Å². The molecule has 1 heterocycles. The Balaban J connectivity index is 2.08. The minimum Gasteiger partial charge on any atom is -0.467 e. The van der Waals surface area contributed by atoms with Crippen LogP contribution in [0.4, 0.5) is 4.79 Å². The lowest BCUT2D eigenvalue weighted by Crippen LogP contribution is -2.38. The minimum atomic E-state index is -0.312. The van der Waals surface area contributed by atoms with E-state index in [1.807, 2.05) is 13.8 Å². The fourth-order valence-electron chi connectivity index (χ4n) is 1.38. The minimum absolute atomic E-state index is 0.0549. The van der Waals surface area contributed by atoms with Crippen LogP contribution < -0.4 is 16.0 Å². The first kappa shape index (κ1) is 15.1. The van der Waals surface area contributed by atoms with E-state index in [0.29, 0.717) is 18.8 Å². The van der Waals surface area contributed by atoms with Crippen molar-refractivity contribution in [2.24, 2.45) is 0 Å². The van der Waals surface area contributed by atoms with Crippen LogP contribution in [-0.4, -0.2) is 24.5 Å². The average molecular weight is 267 g/mol. The lowest BCUT2D eigenvalue weighted by molar-refractivity contribution is -0.121. The molecule has 6 heteroatoms. The first-order valence-electron chi connectivity index (χ1n) is 6.45. The summed E-state index contributed by atoms with van der Waals surface area (Å²) in [7, 11) is 0. The molecule has 1 rings (SSSR count). The zero-order chi connectivity index (χ0) is 14.1. The maximum atomic E-state index is 11.4. The summed E-state index contributed by atoms with van der Waals surface area (Å²) < 4.78 is 5.08. The van der Waals surface area contributed by atoms with E-state index in [9.17, 15) is 9.59 Å². The molecule has 0 aliphatic rings. The molecule has 106 valence electrons. The molecule has 0 fully saturated rings. The van der Waals surface area contributed by atoms with Gasteiger partial charge in [-0.05, 0) is 25.5 Å². The largest absolute Gasteiger partial charge is 0.467 e. The number of carbonyl (C=O) groups excluding carboxylic acids is 2. The van der Waals surface area contributed by atoms with E-state index in [0.717, 1.165) is 6.42 Å². The third-order valence-corrected chi connectivity index (χ3v) is 2.66. The highest BCUT2D eigenvalue weighted by Crippen LogP contribution is 1.98. The Bertz CT molecular complexity index is 390. The molecule has 0 radical (unpaired) electrons. The van der Waals surface area contributed by atoms with Crippen LogP contribution in [0.5, 0.6) is 0 Å². The molecule has 1 atom stereocenters. The van der Waals surface area contributed by atoms with Crippen molar-refractivity contribution in [3.05, 3.63) is 24.2 Å². The fraction of sp³-hybridized carbons (Fsp3) is 0.538. The number of hydrogen-bond acceptors (Lipinski definition) is 3. The van der Waals surface area contributed by atoms with Gasteiger partial charge in [-0.15, -0.1) is 0 Å². The first-order valence-corrected chi connectivity index (χ1v) is 6.45. The number of carbonyl (C=O) groups is 2. The van der Waals surface area contributed by atoms with Crippen LogP contribution in [0.2, 0.25) is 0 Å². The average Bonchev–Trinajstić information content (AvgIpc) is 2.89. The van der Waals surface area contributed by atoms with Gasteiger partial charge in [0.25, 0.3) is 0 Å². The van der Waals surface area contributed by atoms with Crippen LogP contribution in [0.15, 0.2) is 22.8 Å². The summed E-state index contributed by atoms with van der Waals surface area (Å²) >= 11 is 0. The van der Waals surface area contributed by atoms with E-state index in [4.69, 9.17) is 4.42 Å². The third-order valence-electron chi connectivity index (χ3n) is 2.66. The Morgan fingerprint density at radius 1 is 1.37 bits per heavy atom. The molecule has 0 saturated heterocycles. The lowest BCUT2D eigenvalue weighted by atomic mass is 10.2. The molecule has 19 heavy (non-hydrogen) atoms. The Hall–Kier alpha value is -1.98. The third kappa shape index (κ3) is 6.49. The van der Waals surface area contributed by atoms with Gasteiger partial charge in [-0.2, -0.15) is 0 Å². The summed E-state index contributed by atoms with van der Waals surface area (Å²) in [4.78, 5) is 22.8. The zero-order valence-corrected chi connectivity index (χ0v) is 11.4. The molecule has 1 aromatic rings. The predicted molar refractivity (Wildman–Crippen MR) is 71.5 cm³/mol. The maximum absolute atomic E-state index is 11.4. The van der Waals surface area contributed by atoms with Gasteiger partial charge in [0.2, 0.25) is 5.91 Å². The number of urea groups is 1. The molecule has 0 spiro atoms. The highest BCUT2D eigenvalue weighted by Gasteiger charge is 2.06. The quantitative estimate of drug-likeness (QED) is 0.698. The summed E-state index contributed by atoms with van der Waals surface area (Å²) in [6, 6.07) is 3.39. The van der Waals surface area contributed by atoms with Gasteiger partial charge in [0, 0.05) is 19.0 Å². The maximum Gasteiger partial charge on any atom is 0.315 e. The van der Waals surface area contributed by atoms with Gasteiger partial charge in [-0.3, -0.25) is 4.79 Å². The highest BCUT2D eigenvalue weighted by molar-refractivity contribution is 5.78. The molecule has 6 nitrogen and oxygen atoms in total. The van der Waals surface area contributed by atoms with Crippen molar-refractivity contribution in [1.29, 1.82) is 0 Å². The van der Waals surface area contributed by atoms with Gasteiger partial charge < -0.3 is 20.4 Å². The van der Waals surface area contributed by atoms with Crippen molar-refractivity contribution in [2.45, 2.75) is 39.3 Å². The Labute approximate surface area is 112 Å². The molecule has 0 saturated carbocycles. The van der Waals surface area contributed by atoms with Gasteiger partial charge in [-0.25, -0.2) is 4.79 Å². The summed E-state index contributed by atoms with van der Waals surface area (Å²) in [5.41, 5.74) is 0. The fourth-order valence-corrected chi connectivity index (χ4v) is 1.38. The topological polar surface area (TPSA) is 83.4 Å². The van der Waals surface area contributed by atoms with Crippen LogP contribution >= 0.6 is 0 Å². The van der Waals surface area contributed by atoms with Gasteiger partial charge in [0.1, 0.15) is 5.76 Å². The van der Waals surface area contributed by atoms with E-state index in [-0.39, 0.29) is 24.4 Å². The number of amides is 3. The molecule has 0 aliphatic carbocycles. The first-order chi connectivity index (χ1) is 9.11. The summed E-state index contributed by atoms with van der Waals surface area (Å²) in [6.45, 7) is 4.59. The monoisotopic (exact) mass is 267 g/mol. The van der Waals surface area contributed by atoms with E-state index >= 15 is 0 Å². The molecular weight excluding hydrogens is 246 g/mol. The van der Waals surface area contributed by atoms with Crippen molar-refractivity contribution in [3.63, 3.8) is 0 Å². The van der Waals surface area contributed by atoms with Gasteiger partial charge >= 0.3 is 6.03 Å². The molecule has 0 aromatic carbocycles. The van der Waals surface area contributed by atoms with E-state index in [1.54, 1.807) is 18.4 Å². The second-order valence-electron chi connectivity index (χ2n) is 4.32. The molecule has 3 amide bonds. The summed E-state index contributed by atoms with van der Waals surface area (Å²) in [5.74, 6) is 0.630. The summed E-state index contributed by atoms with van der Waals surface area (Å²) in [5, 5.41) is 8.08. The van der Waals surface area contributed by atoms with Crippen LogP contribution in [0, 0.1) is 0 Å². The second kappa shape index (κ2) is 8.18. The Morgan fingerprint density at radius 3 is 2.79 bits per heavy atom. The van der Waals surface area contributed by atoms with Crippen molar-refractivity contribution in [2.75, 3.05) is 6.54 Å². The smallest absolute Gasteiger partial charge is 0.315 e. The van der Waals surface area contributed by atoms with Gasteiger partial charge in [0.15, 0.2) is 0 Å². The lowest BCUT2D eigenvalue weighted by Gasteiger charge is -2.11. The molecular formula is C13H21N3O3. The van der Waals surface area contributed by atoms with Crippen molar-refractivity contribution >= 4 is 11.9 Å². The molecule has 0 bridgehead atoms. The van der Waals surface area contributed by atoms with Crippen LogP contribution in [-0.2, 0) is 11.3 Å². The molecule has 1 aromatic heterocycles. The number of furan rings is 1. The summed E-state index contributed by atoms with van der Waals surface area (Å²) in [6.07, 6.45) is 2.72. The predicted octanol–water partition coefficient (Wildman–Crippen LogP) is 1.38. The van der Waals surface area contributed by atoms with E-state index in [1.165, 1.54) is 0 Å². The zero-order valence-electron chi connectivity index (χ0n) is 11.4. The molecule has 0 unspecified atom stereocenters. The van der Waals surface area contributed by atoms with Crippen molar-refractivity contribution in [3.8, 4) is 0 Å². The number of nitrogens with one attached hydrogen (secondary N) is 3. The normalized spacial score (nSPS) is 11.7. The van der Waals surface area contributed by atoms with Crippen molar-refractivity contribution < 1.29 is 14.0 Å². The Morgan fingerprint density at radius 2 is 2.16 bits per heavy atom. The standard InChI is InChI=1S/C13H21N3O3/c1-3-10(2)16-12(17)6-7-14-13(18)15-9-11-5-4-8-19-11/h4-5,8,10H,3,6-7,9H2,1-2H3,(H,16,17)(H2,14,15,18)/t10-/m0/s1. The van der Waals surface area contributed by atoms with Crippen LogP contribution in [0.25, 0.3) is 0 Å². The van der Waals surface area contributed by atoms with E-state index < -0.39 is 0 Å². The van der Waals surface area contributed by atoms with Crippen LogP contribution in [0.3, 0.4) is 0 Å². The second-order valence-corrected chi connectivity index (χ2v) is 4.32. The van der Waals surface area contributed by atoms with Gasteiger partial charge in [0.05, 0.1) is 12.8 Å². The Kier molecular flexibility index (Phi) is 6.49. The van der Waals surface area contributed by atoms with Gasteiger partial charge in [-0.1, -0.05) is 6.92 Å². The number of hydrogen-bond donors (Lipinski definition) is 3. The molecule has 0 aliphatic heterocycles. The molecule has 3 N–H and O–H groups in total. The highest BCUT2D eigenvalue weighted by atomic mass is 16.3. The van der Waals surface area contributed by atoms with Crippen molar-refractivity contribution in [1.82, 2.24) is 16.0 Å². The SMILES string of the molecule is CC[C@H](C)NC(=O)CCNC(=O)NCc1ccco1. The number of rotatable bonds is 7. The van der Waals surface area contributed by atoms with E-state index in [2.05, 4.69) is 16.0 Å².